The quantitative estimate of drug-likeness (QED) is 0.586. The molecular weight excluding hydrogens is 273 g/mol. The fraction of sp³-hybridized carbons (Fsp3) is 0.182. The van der Waals surface area contributed by atoms with E-state index >= 15 is 0 Å². The van der Waals surface area contributed by atoms with Gasteiger partial charge >= 0.3 is 6.18 Å². The maximum Gasteiger partial charge on any atom is 0.451 e. The molecule has 0 amide bonds. The van der Waals surface area contributed by atoms with Crippen molar-refractivity contribution < 1.29 is 13.2 Å². The first kappa shape index (κ1) is 14.0. The summed E-state index contributed by atoms with van der Waals surface area (Å²) >= 11 is 0. The van der Waals surface area contributed by atoms with Crippen LogP contribution < -0.4 is 16.6 Å². The lowest BCUT2D eigenvalue weighted by atomic mass is 10.3. The van der Waals surface area contributed by atoms with Gasteiger partial charge in [0.1, 0.15) is 11.6 Å². The Morgan fingerprint density at radius 1 is 1.10 bits per heavy atom. The third-order valence-corrected chi connectivity index (χ3v) is 2.35. The zero-order valence-electron chi connectivity index (χ0n) is 10.1. The van der Waals surface area contributed by atoms with Gasteiger partial charge in [-0.2, -0.15) is 13.2 Å². The largest absolute Gasteiger partial charge is 0.451 e. The van der Waals surface area contributed by atoms with Crippen LogP contribution in [0.5, 0.6) is 0 Å². The molecule has 0 unspecified atom stereocenters. The van der Waals surface area contributed by atoms with Crippen molar-refractivity contribution >= 4 is 11.6 Å². The molecule has 0 radical (unpaired) electrons. The molecule has 106 valence electrons. The van der Waals surface area contributed by atoms with Crippen LogP contribution >= 0.6 is 0 Å². The van der Waals surface area contributed by atoms with E-state index in [1.165, 1.54) is 6.07 Å². The van der Waals surface area contributed by atoms with E-state index in [1.807, 2.05) is 0 Å². The molecule has 0 aliphatic rings. The maximum absolute atomic E-state index is 12.6. The number of hydrazine groups is 1. The van der Waals surface area contributed by atoms with Crippen molar-refractivity contribution in [1.82, 2.24) is 15.0 Å². The van der Waals surface area contributed by atoms with Gasteiger partial charge in [0.15, 0.2) is 0 Å². The first-order valence-corrected chi connectivity index (χ1v) is 5.54. The van der Waals surface area contributed by atoms with Gasteiger partial charge in [-0.3, -0.25) is 4.98 Å². The molecule has 4 N–H and O–H groups in total. The van der Waals surface area contributed by atoms with Crippen LogP contribution in [-0.2, 0) is 12.7 Å². The number of nitrogens with zero attached hydrogens (tertiary/aromatic N) is 3. The number of rotatable bonds is 4. The highest BCUT2D eigenvalue weighted by molar-refractivity contribution is 5.47. The number of alkyl halides is 3. The van der Waals surface area contributed by atoms with Gasteiger partial charge in [-0.05, 0) is 17.7 Å². The van der Waals surface area contributed by atoms with Crippen molar-refractivity contribution in [2.45, 2.75) is 12.7 Å². The number of halogens is 3. The smallest absolute Gasteiger partial charge is 0.366 e. The number of pyridine rings is 1. The first-order valence-electron chi connectivity index (χ1n) is 5.54. The second-order valence-corrected chi connectivity index (χ2v) is 3.81. The van der Waals surface area contributed by atoms with Crippen molar-refractivity contribution in [3.8, 4) is 0 Å². The van der Waals surface area contributed by atoms with Gasteiger partial charge in [-0.15, -0.1) is 0 Å². The van der Waals surface area contributed by atoms with Crippen molar-refractivity contribution in [2.75, 3.05) is 10.7 Å². The highest BCUT2D eigenvalue weighted by Gasteiger charge is 2.35. The highest BCUT2D eigenvalue weighted by Crippen LogP contribution is 2.28. The molecule has 0 saturated heterocycles. The zero-order valence-corrected chi connectivity index (χ0v) is 10.1. The van der Waals surface area contributed by atoms with Crippen LogP contribution in [-0.4, -0.2) is 15.0 Å². The summed E-state index contributed by atoms with van der Waals surface area (Å²) in [7, 11) is 0. The Kier molecular flexibility index (Phi) is 3.99. The van der Waals surface area contributed by atoms with Crippen LogP contribution in [0.25, 0.3) is 0 Å². The molecular formula is C11H11F3N6. The molecule has 0 bridgehead atoms. The molecule has 0 fully saturated rings. The first-order chi connectivity index (χ1) is 9.49. The molecule has 2 heterocycles. The lowest BCUT2D eigenvalue weighted by Crippen LogP contribution is -2.17. The number of hydrogen-bond acceptors (Lipinski definition) is 6. The third-order valence-electron chi connectivity index (χ3n) is 2.35. The van der Waals surface area contributed by atoms with E-state index in [0.717, 1.165) is 5.56 Å². The fourth-order valence-corrected chi connectivity index (χ4v) is 1.43. The minimum atomic E-state index is -4.64. The van der Waals surface area contributed by atoms with E-state index < -0.39 is 12.0 Å². The fourth-order valence-electron chi connectivity index (χ4n) is 1.43. The van der Waals surface area contributed by atoms with Crippen LogP contribution in [0.2, 0.25) is 0 Å². The zero-order chi connectivity index (χ0) is 14.6. The number of hydrogen-bond donors (Lipinski definition) is 3. The summed E-state index contributed by atoms with van der Waals surface area (Å²) in [5, 5.41) is 2.77. The van der Waals surface area contributed by atoms with Gasteiger partial charge in [-0.1, -0.05) is 0 Å². The Labute approximate surface area is 112 Å². The Bertz CT molecular complexity index is 572. The van der Waals surface area contributed by atoms with Gasteiger partial charge in [-0.25, -0.2) is 15.8 Å². The summed E-state index contributed by atoms with van der Waals surface area (Å²) in [6.45, 7) is 0.306. The molecule has 0 aliphatic carbocycles. The van der Waals surface area contributed by atoms with Crippen molar-refractivity contribution in [1.29, 1.82) is 0 Å². The second-order valence-electron chi connectivity index (χ2n) is 3.81. The summed E-state index contributed by atoms with van der Waals surface area (Å²) in [6.07, 6.45) is -1.46. The third kappa shape index (κ3) is 3.54. The topological polar surface area (TPSA) is 88.8 Å². The predicted octanol–water partition coefficient (Wildman–Crippen LogP) is 1.79. The Morgan fingerprint density at radius 3 is 2.35 bits per heavy atom. The number of aromatic nitrogens is 3. The summed E-state index contributed by atoms with van der Waals surface area (Å²) in [5.41, 5.74) is 2.93. The van der Waals surface area contributed by atoms with Crippen LogP contribution in [0.1, 0.15) is 11.4 Å². The van der Waals surface area contributed by atoms with Crippen LogP contribution in [0, 0.1) is 0 Å². The number of nitrogen functional groups attached to an aromatic ring is 1. The molecule has 0 saturated carbocycles. The Balaban J connectivity index is 2.19. The summed E-state index contributed by atoms with van der Waals surface area (Å²) < 4.78 is 37.9. The van der Waals surface area contributed by atoms with Gasteiger partial charge in [0.05, 0.1) is 0 Å². The Morgan fingerprint density at radius 2 is 1.75 bits per heavy atom. The van der Waals surface area contributed by atoms with Gasteiger partial charge < -0.3 is 10.7 Å². The minimum Gasteiger partial charge on any atom is -0.366 e. The number of anilines is 2. The van der Waals surface area contributed by atoms with Crippen LogP contribution in [0.4, 0.5) is 24.8 Å². The van der Waals surface area contributed by atoms with Gasteiger partial charge in [0, 0.05) is 25.0 Å². The molecule has 20 heavy (non-hydrogen) atoms. The predicted molar refractivity (Wildman–Crippen MR) is 66.4 cm³/mol. The van der Waals surface area contributed by atoms with E-state index in [-0.39, 0.29) is 11.6 Å². The molecule has 6 nitrogen and oxygen atoms in total. The second kappa shape index (κ2) is 5.70. The number of nitrogens with one attached hydrogen (secondary N) is 2. The van der Waals surface area contributed by atoms with E-state index in [1.54, 1.807) is 24.5 Å². The summed E-state index contributed by atoms with van der Waals surface area (Å²) in [4.78, 5) is 10.5. The van der Waals surface area contributed by atoms with E-state index in [2.05, 4.69) is 25.7 Å². The molecule has 0 aromatic carbocycles. The standard InChI is InChI=1S/C11H11F3N6/c12-11(13,14)10-18-8(5-9(19-10)20-15)17-6-7-1-3-16-4-2-7/h1-5H,6,15H2,(H2,17,18,19,20). The molecule has 2 aromatic heterocycles. The molecule has 0 aliphatic heterocycles. The SMILES string of the molecule is NNc1cc(NCc2ccncc2)nc(C(F)(F)F)n1. The normalized spacial score (nSPS) is 11.2. The lowest BCUT2D eigenvalue weighted by Gasteiger charge is -2.11. The maximum atomic E-state index is 12.6. The van der Waals surface area contributed by atoms with Crippen molar-refractivity contribution in [3.63, 3.8) is 0 Å². The lowest BCUT2D eigenvalue weighted by molar-refractivity contribution is -0.144. The van der Waals surface area contributed by atoms with Crippen molar-refractivity contribution in [3.05, 3.63) is 42.0 Å². The molecule has 0 spiro atoms. The van der Waals surface area contributed by atoms with Gasteiger partial charge in [0.25, 0.3) is 0 Å². The monoisotopic (exact) mass is 284 g/mol. The van der Waals surface area contributed by atoms with Crippen LogP contribution in [0.15, 0.2) is 30.6 Å². The average Bonchev–Trinajstić information content (AvgIpc) is 2.45. The Hall–Kier alpha value is -2.42. The van der Waals surface area contributed by atoms with E-state index in [0.29, 0.717) is 6.54 Å². The highest BCUT2D eigenvalue weighted by atomic mass is 19.4. The number of nitrogens with two attached hydrogens (primary N) is 1. The molecule has 9 heteroatoms. The van der Waals surface area contributed by atoms with E-state index in [4.69, 9.17) is 5.84 Å². The summed E-state index contributed by atoms with van der Waals surface area (Å²) in [5.74, 6) is 3.74. The molecule has 2 rings (SSSR count). The summed E-state index contributed by atoms with van der Waals surface area (Å²) in [6, 6.07) is 4.76. The average molecular weight is 284 g/mol. The van der Waals surface area contributed by atoms with Gasteiger partial charge in [0.2, 0.25) is 5.82 Å². The molecule has 0 atom stereocenters. The van der Waals surface area contributed by atoms with Crippen LogP contribution in [0.3, 0.4) is 0 Å². The minimum absolute atomic E-state index is 0.0251. The van der Waals surface area contributed by atoms with E-state index in [9.17, 15) is 13.2 Å². The van der Waals surface area contributed by atoms with Crippen molar-refractivity contribution in [2.24, 2.45) is 5.84 Å². The molecule has 2 aromatic rings.